The average Bonchev–Trinajstić information content (AvgIpc) is 2.37. The molecule has 1 aliphatic heterocycles. The number of sulfonamides is 1. The van der Waals surface area contributed by atoms with Gasteiger partial charge in [-0.25, -0.2) is 8.42 Å². The Balaban J connectivity index is 0.00000242. The number of nitrogens with zero attached hydrogens (tertiary/aromatic N) is 1. The van der Waals surface area contributed by atoms with E-state index in [1.165, 1.54) is 0 Å². The summed E-state index contributed by atoms with van der Waals surface area (Å²) in [6.45, 7) is 0.179. The van der Waals surface area contributed by atoms with Crippen molar-refractivity contribution in [1.82, 2.24) is 4.31 Å². The van der Waals surface area contributed by atoms with Crippen molar-refractivity contribution in [1.29, 1.82) is 0 Å². The first-order valence-electron chi connectivity index (χ1n) is 6.25. The molecule has 1 fully saturated rings. The second-order valence-electron chi connectivity index (χ2n) is 4.90. The van der Waals surface area contributed by atoms with Crippen molar-refractivity contribution in [2.75, 3.05) is 13.1 Å². The molecule has 0 radical (unpaired) electrons. The van der Waals surface area contributed by atoms with E-state index in [4.69, 9.17) is 17.3 Å². The Kier molecular flexibility index (Phi) is 6.14. The van der Waals surface area contributed by atoms with Crippen molar-refractivity contribution in [3.8, 4) is 0 Å². The molecule has 126 valence electrons. The Bertz CT molecular complexity index is 638. The largest absolute Gasteiger partial charge is 0.417 e. The van der Waals surface area contributed by atoms with Crippen LogP contribution in [0.4, 0.5) is 13.2 Å². The third-order valence-corrected chi connectivity index (χ3v) is 5.44. The highest BCUT2D eigenvalue weighted by molar-refractivity contribution is 7.89. The van der Waals surface area contributed by atoms with Gasteiger partial charge in [0.1, 0.15) is 0 Å². The number of hydrogen-bond donors (Lipinski definition) is 1. The van der Waals surface area contributed by atoms with Gasteiger partial charge in [0.25, 0.3) is 0 Å². The van der Waals surface area contributed by atoms with Crippen LogP contribution >= 0.6 is 24.0 Å². The standard InChI is InChI=1S/C12H14ClF3N2O2S.ClH/c13-8-3-4-11(10(6-8)12(14,15)16)21(19,20)18-5-1-2-9(17)7-18;/h3-4,6,9H,1-2,5,7,17H2;1H/t9-;/m1./s1. The minimum absolute atomic E-state index is 0. The lowest BCUT2D eigenvalue weighted by Crippen LogP contribution is -2.45. The summed E-state index contributed by atoms with van der Waals surface area (Å²) in [5, 5.41) is -0.170. The van der Waals surface area contributed by atoms with Crippen molar-refractivity contribution in [2.45, 2.75) is 30.0 Å². The summed E-state index contributed by atoms with van der Waals surface area (Å²) < 4.78 is 65.0. The quantitative estimate of drug-likeness (QED) is 0.860. The molecule has 1 aromatic carbocycles. The molecule has 1 heterocycles. The Morgan fingerprint density at radius 1 is 1.32 bits per heavy atom. The van der Waals surface area contributed by atoms with Gasteiger partial charge in [0.15, 0.2) is 0 Å². The number of piperidine rings is 1. The van der Waals surface area contributed by atoms with Gasteiger partial charge in [-0.3, -0.25) is 0 Å². The summed E-state index contributed by atoms with van der Waals surface area (Å²) in [6, 6.07) is 2.28. The van der Waals surface area contributed by atoms with Crippen LogP contribution < -0.4 is 5.73 Å². The smallest absolute Gasteiger partial charge is 0.327 e. The molecule has 22 heavy (non-hydrogen) atoms. The molecular weight excluding hydrogens is 364 g/mol. The fourth-order valence-corrected chi connectivity index (χ4v) is 4.18. The zero-order valence-electron chi connectivity index (χ0n) is 11.3. The van der Waals surface area contributed by atoms with Crippen LogP contribution in [-0.4, -0.2) is 31.9 Å². The van der Waals surface area contributed by atoms with Gasteiger partial charge in [-0.1, -0.05) is 11.6 Å². The Morgan fingerprint density at radius 3 is 2.50 bits per heavy atom. The maximum atomic E-state index is 13.0. The summed E-state index contributed by atoms with van der Waals surface area (Å²) >= 11 is 5.55. The van der Waals surface area contributed by atoms with E-state index in [1.54, 1.807) is 0 Å². The van der Waals surface area contributed by atoms with Gasteiger partial charge in [-0.15, -0.1) is 12.4 Å². The van der Waals surface area contributed by atoms with E-state index in [2.05, 4.69) is 0 Å². The fourth-order valence-electron chi connectivity index (χ4n) is 2.28. The highest BCUT2D eigenvalue weighted by Gasteiger charge is 2.40. The molecule has 1 aromatic rings. The lowest BCUT2D eigenvalue weighted by atomic mass is 10.1. The Labute approximate surface area is 137 Å². The van der Waals surface area contributed by atoms with Gasteiger partial charge in [-0.2, -0.15) is 17.5 Å². The number of hydrogen-bond acceptors (Lipinski definition) is 3. The van der Waals surface area contributed by atoms with Crippen molar-refractivity contribution >= 4 is 34.0 Å². The predicted molar refractivity (Wildman–Crippen MR) is 79.7 cm³/mol. The van der Waals surface area contributed by atoms with Crippen LogP contribution in [0, 0.1) is 0 Å². The molecule has 0 saturated carbocycles. The number of rotatable bonds is 2. The Hall–Kier alpha value is -0.540. The molecule has 0 aromatic heterocycles. The lowest BCUT2D eigenvalue weighted by molar-refractivity contribution is -0.139. The zero-order chi connectivity index (χ0) is 15.8. The number of benzene rings is 1. The first-order valence-corrected chi connectivity index (χ1v) is 8.06. The maximum Gasteiger partial charge on any atom is 0.417 e. The van der Waals surface area contributed by atoms with Gasteiger partial charge < -0.3 is 5.73 Å². The Morgan fingerprint density at radius 2 is 1.95 bits per heavy atom. The van der Waals surface area contributed by atoms with Crippen LogP contribution in [0.15, 0.2) is 23.1 Å². The van der Waals surface area contributed by atoms with Crippen LogP contribution in [0.2, 0.25) is 5.02 Å². The summed E-state index contributed by atoms with van der Waals surface area (Å²) in [4.78, 5) is -0.784. The average molecular weight is 379 g/mol. The first-order chi connectivity index (χ1) is 9.62. The van der Waals surface area contributed by atoms with E-state index in [-0.39, 0.29) is 36.6 Å². The van der Waals surface area contributed by atoms with E-state index in [9.17, 15) is 21.6 Å². The molecule has 1 atom stereocenters. The number of nitrogens with two attached hydrogens (primary N) is 1. The van der Waals surface area contributed by atoms with Crippen molar-refractivity contribution < 1.29 is 21.6 Å². The third-order valence-electron chi connectivity index (χ3n) is 3.29. The third kappa shape index (κ3) is 4.05. The van der Waals surface area contributed by atoms with Crippen LogP contribution in [-0.2, 0) is 16.2 Å². The van der Waals surface area contributed by atoms with E-state index in [0.29, 0.717) is 18.9 Å². The van der Waals surface area contributed by atoms with Gasteiger partial charge in [0.05, 0.1) is 10.5 Å². The topological polar surface area (TPSA) is 63.4 Å². The summed E-state index contributed by atoms with van der Waals surface area (Å²) in [6.07, 6.45) is -3.63. The van der Waals surface area contributed by atoms with Gasteiger partial charge in [0.2, 0.25) is 10.0 Å². The normalized spacial score (nSPS) is 20.5. The van der Waals surface area contributed by atoms with Crippen LogP contribution in [0.3, 0.4) is 0 Å². The molecule has 0 spiro atoms. The van der Waals surface area contributed by atoms with Gasteiger partial charge >= 0.3 is 6.18 Å². The first kappa shape index (κ1) is 19.5. The molecule has 1 aliphatic rings. The van der Waals surface area contributed by atoms with Crippen LogP contribution in [0.1, 0.15) is 18.4 Å². The highest BCUT2D eigenvalue weighted by Crippen LogP contribution is 2.37. The number of halogens is 5. The van der Waals surface area contributed by atoms with Crippen LogP contribution in [0.5, 0.6) is 0 Å². The molecule has 2 N–H and O–H groups in total. The lowest BCUT2D eigenvalue weighted by Gasteiger charge is -2.30. The SMILES string of the molecule is Cl.N[C@@H]1CCCN(S(=O)(=O)c2ccc(Cl)cc2C(F)(F)F)C1. The summed E-state index contributed by atoms with van der Waals surface area (Å²) in [5.74, 6) is 0. The molecule has 0 unspecified atom stereocenters. The van der Waals surface area contributed by atoms with E-state index < -0.39 is 26.7 Å². The predicted octanol–water partition coefficient (Wildman–Crippen LogP) is 2.89. The van der Waals surface area contributed by atoms with E-state index in [0.717, 1.165) is 16.4 Å². The van der Waals surface area contributed by atoms with Crippen LogP contribution in [0.25, 0.3) is 0 Å². The molecule has 10 heteroatoms. The van der Waals surface area contributed by atoms with E-state index in [1.807, 2.05) is 0 Å². The zero-order valence-corrected chi connectivity index (χ0v) is 13.7. The molecule has 0 amide bonds. The molecule has 0 bridgehead atoms. The monoisotopic (exact) mass is 378 g/mol. The molecule has 2 rings (SSSR count). The molecular formula is C12H15Cl2F3N2O2S. The number of alkyl halides is 3. The summed E-state index contributed by atoms with van der Waals surface area (Å²) in [5.41, 5.74) is 4.44. The highest BCUT2D eigenvalue weighted by atomic mass is 35.5. The fraction of sp³-hybridized carbons (Fsp3) is 0.500. The molecule has 0 aliphatic carbocycles. The minimum atomic E-state index is -4.80. The maximum absolute atomic E-state index is 13.0. The van der Waals surface area contributed by atoms with Crippen molar-refractivity contribution in [3.63, 3.8) is 0 Å². The van der Waals surface area contributed by atoms with E-state index >= 15 is 0 Å². The second kappa shape index (κ2) is 6.92. The van der Waals surface area contributed by atoms with Gasteiger partial charge in [-0.05, 0) is 31.0 Å². The second-order valence-corrected chi connectivity index (χ2v) is 7.25. The molecule has 4 nitrogen and oxygen atoms in total. The van der Waals surface area contributed by atoms with Gasteiger partial charge in [0, 0.05) is 24.2 Å². The molecule has 1 saturated heterocycles. The minimum Gasteiger partial charge on any atom is -0.327 e. The van der Waals surface area contributed by atoms with Crippen molar-refractivity contribution in [2.24, 2.45) is 5.73 Å². The van der Waals surface area contributed by atoms with Crippen molar-refractivity contribution in [3.05, 3.63) is 28.8 Å². The summed E-state index contributed by atoms with van der Waals surface area (Å²) in [7, 11) is -4.25.